The number of amides is 4. The van der Waals surface area contributed by atoms with Crippen molar-refractivity contribution in [2.45, 2.75) is 32.4 Å². The lowest BCUT2D eigenvalue weighted by molar-refractivity contribution is -0.128. The van der Waals surface area contributed by atoms with Gasteiger partial charge in [0.05, 0.1) is 12.2 Å². The Morgan fingerprint density at radius 3 is 2.85 bits per heavy atom. The first-order chi connectivity index (χ1) is 12.4. The molecule has 7 nitrogen and oxygen atoms in total. The number of rotatable bonds is 6. The molecule has 1 aromatic heterocycles. The standard InChI is InChI=1S/C17H17ClN4O3S/c1-10-9-26-16(19-10)21-14(23)7-6-13-15(24)22(17(25)20-13)8-11-4-2-3-5-12(11)18/h2-5,9,13H,6-8H2,1H3,(H,20,25)(H,19,21,23). The summed E-state index contributed by atoms with van der Waals surface area (Å²) in [6.45, 7) is 1.94. The molecule has 0 saturated carbocycles. The summed E-state index contributed by atoms with van der Waals surface area (Å²) in [4.78, 5) is 41.8. The molecule has 26 heavy (non-hydrogen) atoms. The first kappa shape index (κ1) is 18.3. The van der Waals surface area contributed by atoms with E-state index in [1.54, 1.807) is 24.3 Å². The molecule has 0 aliphatic carbocycles. The van der Waals surface area contributed by atoms with E-state index in [0.29, 0.717) is 15.7 Å². The minimum absolute atomic E-state index is 0.103. The van der Waals surface area contributed by atoms with Crippen molar-refractivity contribution < 1.29 is 14.4 Å². The molecule has 1 aliphatic rings. The molecule has 4 amide bonds. The van der Waals surface area contributed by atoms with E-state index in [4.69, 9.17) is 11.6 Å². The van der Waals surface area contributed by atoms with E-state index in [9.17, 15) is 14.4 Å². The minimum atomic E-state index is -0.714. The molecule has 0 radical (unpaired) electrons. The Balaban J connectivity index is 1.55. The van der Waals surface area contributed by atoms with Gasteiger partial charge >= 0.3 is 6.03 Å². The lowest BCUT2D eigenvalue weighted by Crippen LogP contribution is -2.31. The van der Waals surface area contributed by atoms with Crippen LogP contribution >= 0.6 is 22.9 Å². The average Bonchev–Trinajstić information content (AvgIpc) is 3.12. The quantitative estimate of drug-likeness (QED) is 0.739. The third kappa shape index (κ3) is 4.20. The smallest absolute Gasteiger partial charge is 0.325 e. The van der Waals surface area contributed by atoms with E-state index in [1.165, 1.54) is 11.3 Å². The Morgan fingerprint density at radius 2 is 2.15 bits per heavy atom. The summed E-state index contributed by atoms with van der Waals surface area (Å²) < 4.78 is 0. The maximum Gasteiger partial charge on any atom is 0.325 e. The number of thiazole rings is 1. The molecule has 1 saturated heterocycles. The van der Waals surface area contributed by atoms with Gasteiger partial charge < -0.3 is 10.6 Å². The largest absolute Gasteiger partial charge is 0.326 e. The highest BCUT2D eigenvalue weighted by atomic mass is 35.5. The Labute approximate surface area is 159 Å². The number of nitrogens with one attached hydrogen (secondary N) is 2. The van der Waals surface area contributed by atoms with E-state index in [0.717, 1.165) is 10.6 Å². The number of imide groups is 1. The van der Waals surface area contributed by atoms with Crippen molar-refractivity contribution in [3.8, 4) is 0 Å². The van der Waals surface area contributed by atoms with E-state index < -0.39 is 12.1 Å². The zero-order valence-electron chi connectivity index (χ0n) is 14.0. The van der Waals surface area contributed by atoms with Crippen molar-refractivity contribution in [1.82, 2.24) is 15.2 Å². The van der Waals surface area contributed by atoms with E-state index in [1.807, 2.05) is 12.3 Å². The van der Waals surface area contributed by atoms with Gasteiger partial charge in [-0.05, 0) is 25.0 Å². The number of carbonyl (C=O) groups is 3. The Bertz CT molecular complexity index is 854. The van der Waals surface area contributed by atoms with Crippen LogP contribution in [0.5, 0.6) is 0 Å². The second-order valence-electron chi connectivity index (χ2n) is 5.90. The van der Waals surface area contributed by atoms with Crippen molar-refractivity contribution in [2.75, 3.05) is 5.32 Å². The molecular formula is C17H17ClN4O3S. The molecule has 1 aromatic carbocycles. The number of anilines is 1. The number of halogens is 1. The van der Waals surface area contributed by atoms with Gasteiger partial charge in [-0.25, -0.2) is 9.78 Å². The second kappa shape index (κ2) is 7.84. The molecule has 0 bridgehead atoms. The van der Waals surface area contributed by atoms with Crippen LogP contribution in [0, 0.1) is 6.92 Å². The molecular weight excluding hydrogens is 376 g/mol. The van der Waals surface area contributed by atoms with E-state index >= 15 is 0 Å². The summed E-state index contributed by atoms with van der Waals surface area (Å²) in [6.07, 6.45) is 0.328. The number of aromatic nitrogens is 1. The third-order valence-electron chi connectivity index (χ3n) is 3.92. The Kier molecular flexibility index (Phi) is 5.53. The Hall–Kier alpha value is -2.45. The summed E-state index contributed by atoms with van der Waals surface area (Å²) in [5, 5.41) is 8.16. The first-order valence-electron chi connectivity index (χ1n) is 8.01. The van der Waals surface area contributed by atoms with Crippen LogP contribution in [0.2, 0.25) is 5.02 Å². The van der Waals surface area contributed by atoms with Crippen LogP contribution in [-0.2, 0) is 16.1 Å². The van der Waals surface area contributed by atoms with Crippen molar-refractivity contribution in [2.24, 2.45) is 0 Å². The number of benzene rings is 1. The fourth-order valence-corrected chi connectivity index (χ4v) is 3.49. The lowest BCUT2D eigenvalue weighted by Gasteiger charge is -2.14. The molecule has 9 heteroatoms. The fourth-order valence-electron chi connectivity index (χ4n) is 2.59. The van der Waals surface area contributed by atoms with Gasteiger partial charge in [0.2, 0.25) is 5.91 Å². The van der Waals surface area contributed by atoms with Crippen LogP contribution in [-0.4, -0.2) is 33.8 Å². The van der Waals surface area contributed by atoms with Crippen LogP contribution in [0.15, 0.2) is 29.6 Å². The van der Waals surface area contributed by atoms with Crippen molar-refractivity contribution in [1.29, 1.82) is 0 Å². The fraction of sp³-hybridized carbons (Fsp3) is 0.294. The molecule has 136 valence electrons. The highest BCUT2D eigenvalue weighted by molar-refractivity contribution is 7.13. The molecule has 1 unspecified atom stereocenters. The van der Waals surface area contributed by atoms with Gasteiger partial charge in [0.15, 0.2) is 5.13 Å². The minimum Gasteiger partial charge on any atom is -0.326 e. The Morgan fingerprint density at radius 1 is 1.38 bits per heavy atom. The molecule has 3 rings (SSSR count). The highest BCUT2D eigenvalue weighted by Crippen LogP contribution is 2.21. The van der Waals surface area contributed by atoms with Crippen LogP contribution in [0.4, 0.5) is 9.93 Å². The first-order valence-corrected chi connectivity index (χ1v) is 9.27. The van der Waals surface area contributed by atoms with Crippen LogP contribution < -0.4 is 10.6 Å². The molecule has 1 aliphatic heterocycles. The van der Waals surface area contributed by atoms with Crippen LogP contribution in [0.25, 0.3) is 0 Å². The van der Waals surface area contributed by atoms with Crippen LogP contribution in [0.3, 0.4) is 0 Å². The number of hydrogen-bond acceptors (Lipinski definition) is 5. The predicted octanol–water partition coefficient (Wildman–Crippen LogP) is 2.94. The predicted molar refractivity (Wildman–Crippen MR) is 99.0 cm³/mol. The monoisotopic (exact) mass is 392 g/mol. The number of urea groups is 1. The molecule has 2 aromatic rings. The van der Waals surface area contributed by atoms with Gasteiger partial charge in [-0.1, -0.05) is 29.8 Å². The zero-order chi connectivity index (χ0) is 18.7. The SMILES string of the molecule is Cc1csc(NC(=O)CCC2NC(=O)N(Cc3ccccc3Cl)C2=O)n1. The summed E-state index contributed by atoms with van der Waals surface area (Å²) in [6, 6.07) is 5.85. The number of hydrogen-bond donors (Lipinski definition) is 2. The van der Waals surface area contributed by atoms with Crippen LogP contribution in [0.1, 0.15) is 24.1 Å². The normalized spacial score (nSPS) is 16.7. The second-order valence-corrected chi connectivity index (χ2v) is 7.16. The average molecular weight is 393 g/mol. The van der Waals surface area contributed by atoms with Crippen molar-refractivity contribution in [3.05, 3.63) is 45.9 Å². The summed E-state index contributed by atoms with van der Waals surface area (Å²) in [5.41, 5.74) is 1.52. The maximum atomic E-state index is 12.5. The molecule has 2 N–H and O–H groups in total. The highest BCUT2D eigenvalue weighted by Gasteiger charge is 2.38. The molecule has 2 heterocycles. The van der Waals surface area contributed by atoms with Gasteiger partial charge in [-0.2, -0.15) is 0 Å². The topological polar surface area (TPSA) is 91.4 Å². The van der Waals surface area contributed by atoms with Crippen molar-refractivity contribution in [3.63, 3.8) is 0 Å². The van der Waals surface area contributed by atoms with Gasteiger partial charge in [0.25, 0.3) is 5.91 Å². The van der Waals surface area contributed by atoms with Gasteiger partial charge in [0, 0.05) is 16.8 Å². The summed E-state index contributed by atoms with van der Waals surface area (Å²) in [5.74, 6) is -0.598. The number of nitrogens with zero attached hydrogens (tertiary/aromatic N) is 2. The third-order valence-corrected chi connectivity index (χ3v) is 5.16. The van der Waals surface area contributed by atoms with E-state index in [2.05, 4.69) is 15.6 Å². The number of aryl methyl sites for hydroxylation is 1. The summed E-state index contributed by atoms with van der Waals surface area (Å²) in [7, 11) is 0. The van der Waals surface area contributed by atoms with E-state index in [-0.39, 0.29) is 31.2 Å². The van der Waals surface area contributed by atoms with Gasteiger partial charge in [0.1, 0.15) is 6.04 Å². The molecule has 0 spiro atoms. The zero-order valence-corrected chi connectivity index (χ0v) is 15.6. The summed E-state index contributed by atoms with van der Waals surface area (Å²) >= 11 is 7.43. The lowest BCUT2D eigenvalue weighted by atomic mass is 10.1. The molecule has 1 atom stereocenters. The number of carbonyl (C=O) groups excluding carboxylic acids is 3. The van der Waals surface area contributed by atoms with Crippen molar-refractivity contribution >= 4 is 45.9 Å². The molecule has 1 fully saturated rings. The van der Waals surface area contributed by atoms with Gasteiger partial charge in [-0.15, -0.1) is 11.3 Å². The van der Waals surface area contributed by atoms with Gasteiger partial charge in [-0.3, -0.25) is 14.5 Å². The maximum absolute atomic E-state index is 12.5.